The molecule has 5 aromatic rings. The molecule has 0 amide bonds. The second-order valence-corrected chi connectivity index (χ2v) is 9.83. The number of aromatic nitrogens is 2. The number of rotatable bonds is 8. The van der Waals surface area contributed by atoms with Crippen LogP contribution in [0, 0.1) is 0 Å². The van der Waals surface area contributed by atoms with Gasteiger partial charge in [-0.3, -0.25) is 4.98 Å². The van der Waals surface area contributed by atoms with Crippen LogP contribution in [0.3, 0.4) is 0 Å². The van der Waals surface area contributed by atoms with Crippen LogP contribution in [0.15, 0.2) is 85.1 Å². The van der Waals surface area contributed by atoms with Crippen LogP contribution >= 0.6 is 0 Å². The summed E-state index contributed by atoms with van der Waals surface area (Å²) in [6, 6.07) is 24.3. The van der Waals surface area contributed by atoms with Crippen molar-refractivity contribution in [2.45, 2.75) is 38.5 Å². The molecule has 3 aromatic carbocycles. The molecule has 1 aliphatic rings. The fraction of sp³-hybridized carbons (Fsp3) is 0.212. The topological polar surface area (TPSA) is 84.4 Å². The zero-order valence-electron chi connectivity index (χ0n) is 21.7. The number of fused-ring (bicyclic) bond motifs is 2. The lowest BCUT2D eigenvalue weighted by Gasteiger charge is -2.16. The van der Waals surface area contributed by atoms with Crippen LogP contribution < -0.4 is 9.47 Å². The van der Waals surface area contributed by atoms with Gasteiger partial charge in [0.2, 0.25) is 5.88 Å². The molecule has 0 fully saturated rings. The smallest absolute Gasteiger partial charge is 0.493 e. The largest absolute Gasteiger partial charge is 0.512 e. The molecule has 2 aromatic heterocycles. The monoisotopic (exact) mass is 518 g/mol. The molecule has 0 unspecified atom stereocenters. The van der Waals surface area contributed by atoms with E-state index in [2.05, 4.69) is 35.3 Å². The van der Waals surface area contributed by atoms with Gasteiger partial charge in [-0.15, -0.1) is 0 Å². The zero-order valence-corrected chi connectivity index (χ0v) is 21.7. The number of nitrogens with zero attached hydrogens (tertiary/aromatic N) is 1. The van der Waals surface area contributed by atoms with Crippen molar-refractivity contribution in [1.29, 1.82) is 0 Å². The van der Waals surface area contributed by atoms with E-state index in [1.807, 2.05) is 54.7 Å². The predicted molar refractivity (Wildman–Crippen MR) is 154 cm³/mol. The van der Waals surface area contributed by atoms with Gasteiger partial charge in [0.15, 0.2) is 0 Å². The summed E-state index contributed by atoms with van der Waals surface area (Å²) in [4.78, 5) is 19.6. The van der Waals surface area contributed by atoms with Crippen LogP contribution in [0.4, 0.5) is 4.79 Å². The van der Waals surface area contributed by atoms with E-state index in [9.17, 15) is 9.90 Å². The second kappa shape index (κ2) is 11.0. The van der Waals surface area contributed by atoms with Crippen molar-refractivity contribution in [1.82, 2.24) is 9.97 Å². The number of para-hydroxylation sites is 1. The van der Waals surface area contributed by atoms with Crippen LogP contribution in [0.2, 0.25) is 0 Å². The SMILES string of the molecule is O=C(O)Oc1[nH]c2c(-c3ncccc3C3=CCCCC3)cccc2c1CCCOc1cccc2ccccc12. The van der Waals surface area contributed by atoms with Gasteiger partial charge < -0.3 is 19.6 Å². The summed E-state index contributed by atoms with van der Waals surface area (Å²) in [5.41, 5.74) is 5.93. The molecule has 0 bridgehead atoms. The number of pyridine rings is 1. The number of hydrogen-bond donors (Lipinski definition) is 2. The van der Waals surface area contributed by atoms with Gasteiger partial charge in [-0.05, 0) is 61.6 Å². The molecular weight excluding hydrogens is 488 g/mol. The van der Waals surface area contributed by atoms with Crippen LogP contribution in [0.5, 0.6) is 11.6 Å². The number of allylic oxidation sites excluding steroid dienone is 2. The summed E-state index contributed by atoms with van der Waals surface area (Å²) in [6.07, 6.45) is 8.58. The number of aryl methyl sites for hydroxylation is 1. The third-order valence-electron chi connectivity index (χ3n) is 7.37. The normalized spacial score (nSPS) is 13.4. The molecule has 6 rings (SSSR count). The summed E-state index contributed by atoms with van der Waals surface area (Å²) in [7, 11) is 0. The van der Waals surface area contributed by atoms with Gasteiger partial charge in [-0.1, -0.05) is 66.7 Å². The van der Waals surface area contributed by atoms with E-state index < -0.39 is 6.16 Å². The van der Waals surface area contributed by atoms with E-state index in [1.54, 1.807) is 0 Å². The average molecular weight is 519 g/mol. The molecule has 0 radical (unpaired) electrons. The van der Waals surface area contributed by atoms with E-state index in [0.717, 1.165) is 62.7 Å². The molecule has 39 heavy (non-hydrogen) atoms. The fourth-order valence-corrected chi connectivity index (χ4v) is 5.58. The minimum Gasteiger partial charge on any atom is -0.493 e. The van der Waals surface area contributed by atoms with Crippen LogP contribution in [0.25, 0.3) is 38.5 Å². The molecule has 2 heterocycles. The standard InChI is InChI=1S/C33H30N2O4/c36-33(37)39-32-27(18-9-21-38-29-19-6-13-22-12-4-5-14-24(22)29)26-15-7-16-28(31(26)35-32)30-25(17-8-20-34-30)23-10-2-1-3-11-23/h4-8,10,12-17,19-20,35H,1-3,9,11,18,21H2,(H,36,37). The Bertz CT molecular complexity index is 1680. The molecule has 6 heteroatoms. The maximum absolute atomic E-state index is 11.6. The van der Waals surface area contributed by atoms with Crippen molar-refractivity contribution >= 4 is 33.4 Å². The highest BCUT2D eigenvalue weighted by Gasteiger charge is 2.21. The molecule has 0 spiro atoms. The Morgan fingerprint density at radius 1 is 0.923 bits per heavy atom. The second-order valence-electron chi connectivity index (χ2n) is 9.83. The lowest BCUT2D eigenvalue weighted by atomic mass is 9.90. The Kier molecular flexibility index (Phi) is 7.00. The van der Waals surface area contributed by atoms with Crippen molar-refractivity contribution < 1.29 is 19.4 Å². The number of carboxylic acid groups (broad SMARTS) is 1. The predicted octanol–water partition coefficient (Wildman–Crippen LogP) is 8.41. The van der Waals surface area contributed by atoms with Crippen molar-refractivity contribution in [2.75, 3.05) is 6.61 Å². The maximum atomic E-state index is 11.6. The van der Waals surface area contributed by atoms with Crippen molar-refractivity contribution in [3.05, 3.63) is 96.2 Å². The third-order valence-corrected chi connectivity index (χ3v) is 7.37. The Morgan fingerprint density at radius 2 is 1.74 bits per heavy atom. The Balaban J connectivity index is 1.31. The average Bonchev–Trinajstić information content (AvgIpc) is 3.32. The first-order valence-corrected chi connectivity index (χ1v) is 13.5. The summed E-state index contributed by atoms with van der Waals surface area (Å²) >= 11 is 0. The van der Waals surface area contributed by atoms with E-state index in [4.69, 9.17) is 14.5 Å². The number of ether oxygens (including phenoxy) is 2. The van der Waals surface area contributed by atoms with E-state index in [0.29, 0.717) is 19.4 Å². The van der Waals surface area contributed by atoms with Gasteiger partial charge >= 0.3 is 6.16 Å². The fourth-order valence-electron chi connectivity index (χ4n) is 5.58. The number of benzene rings is 3. The lowest BCUT2D eigenvalue weighted by Crippen LogP contribution is -2.06. The molecule has 2 N–H and O–H groups in total. The Hall–Kier alpha value is -4.58. The Labute approximate surface area is 226 Å². The van der Waals surface area contributed by atoms with Gasteiger partial charge in [0.1, 0.15) is 5.75 Å². The van der Waals surface area contributed by atoms with E-state index in [1.165, 1.54) is 18.4 Å². The molecule has 6 nitrogen and oxygen atoms in total. The van der Waals surface area contributed by atoms with Crippen molar-refractivity contribution in [3.8, 4) is 22.9 Å². The first kappa shape index (κ1) is 24.7. The summed E-state index contributed by atoms with van der Waals surface area (Å²) in [5, 5.41) is 12.6. The van der Waals surface area contributed by atoms with Gasteiger partial charge in [-0.2, -0.15) is 0 Å². The molecule has 0 saturated heterocycles. The first-order valence-electron chi connectivity index (χ1n) is 13.5. The number of nitrogens with one attached hydrogen (secondary N) is 1. The highest BCUT2D eigenvalue weighted by atomic mass is 16.7. The van der Waals surface area contributed by atoms with Crippen molar-refractivity contribution in [3.63, 3.8) is 0 Å². The van der Waals surface area contributed by atoms with Crippen LogP contribution in [-0.4, -0.2) is 27.8 Å². The third kappa shape index (κ3) is 5.10. The van der Waals surface area contributed by atoms with Gasteiger partial charge in [0.25, 0.3) is 0 Å². The number of hydrogen-bond acceptors (Lipinski definition) is 4. The molecule has 0 aliphatic heterocycles. The number of H-pyrrole nitrogens is 1. The minimum absolute atomic E-state index is 0.254. The Morgan fingerprint density at radius 3 is 2.62 bits per heavy atom. The summed E-state index contributed by atoms with van der Waals surface area (Å²) < 4.78 is 11.4. The maximum Gasteiger partial charge on any atom is 0.512 e. The quantitative estimate of drug-likeness (QED) is 0.159. The first-order chi connectivity index (χ1) is 19.2. The van der Waals surface area contributed by atoms with Crippen LogP contribution in [0.1, 0.15) is 43.2 Å². The van der Waals surface area contributed by atoms with Gasteiger partial charge in [0, 0.05) is 33.7 Å². The van der Waals surface area contributed by atoms with Gasteiger partial charge in [0.05, 0.1) is 17.8 Å². The summed E-state index contributed by atoms with van der Waals surface area (Å²) in [6.45, 7) is 0.491. The summed E-state index contributed by atoms with van der Waals surface area (Å²) in [5.74, 6) is 1.10. The van der Waals surface area contributed by atoms with Crippen molar-refractivity contribution in [2.24, 2.45) is 0 Å². The minimum atomic E-state index is -1.35. The number of aromatic amines is 1. The van der Waals surface area contributed by atoms with Crippen LogP contribution in [-0.2, 0) is 6.42 Å². The highest BCUT2D eigenvalue weighted by Crippen LogP contribution is 2.39. The zero-order chi connectivity index (χ0) is 26.6. The lowest BCUT2D eigenvalue weighted by molar-refractivity contribution is 0.142. The molecule has 1 aliphatic carbocycles. The van der Waals surface area contributed by atoms with E-state index in [-0.39, 0.29) is 5.88 Å². The molecule has 0 saturated carbocycles. The van der Waals surface area contributed by atoms with Gasteiger partial charge in [-0.25, -0.2) is 4.79 Å². The highest BCUT2D eigenvalue weighted by molar-refractivity contribution is 5.99. The molecule has 196 valence electrons. The van der Waals surface area contributed by atoms with E-state index >= 15 is 0 Å². The molecule has 0 atom stereocenters. The number of carbonyl (C=O) groups is 1. The molecular formula is C33H30N2O4.